The summed E-state index contributed by atoms with van der Waals surface area (Å²) >= 11 is 0. The molecule has 6 nitrogen and oxygen atoms in total. The van der Waals surface area contributed by atoms with Crippen molar-refractivity contribution in [3.05, 3.63) is 72.7 Å². The molecule has 0 radical (unpaired) electrons. The maximum Gasteiger partial charge on any atom is 0.281 e. The van der Waals surface area contributed by atoms with Gasteiger partial charge < -0.3 is 9.72 Å². The SMILES string of the molecule is COc1ccc(N(Cc2ccccc2)S(=O)(=O)c2cnc[nH]2)cc1. The van der Waals surface area contributed by atoms with E-state index in [1.54, 1.807) is 31.4 Å². The number of sulfonamides is 1. The Kier molecular flexibility index (Phi) is 4.52. The van der Waals surface area contributed by atoms with E-state index in [1.165, 1.54) is 16.8 Å². The fourth-order valence-corrected chi connectivity index (χ4v) is 3.67. The fourth-order valence-electron chi connectivity index (χ4n) is 2.32. The third kappa shape index (κ3) is 3.26. The largest absolute Gasteiger partial charge is 0.497 e. The van der Waals surface area contributed by atoms with Crippen molar-refractivity contribution < 1.29 is 13.2 Å². The number of aromatic nitrogens is 2. The highest BCUT2D eigenvalue weighted by Crippen LogP contribution is 2.26. The van der Waals surface area contributed by atoms with Gasteiger partial charge in [0.05, 0.1) is 31.9 Å². The van der Waals surface area contributed by atoms with Crippen molar-refractivity contribution in [1.29, 1.82) is 0 Å². The molecule has 24 heavy (non-hydrogen) atoms. The summed E-state index contributed by atoms with van der Waals surface area (Å²) in [6, 6.07) is 16.3. The average Bonchev–Trinajstić information content (AvgIpc) is 3.16. The van der Waals surface area contributed by atoms with Crippen LogP contribution in [-0.2, 0) is 16.6 Å². The average molecular weight is 343 g/mol. The van der Waals surface area contributed by atoms with Gasteiger partial charge in [-0.2, -0.15) is 8.42 Å². The molecule has 1 N–H and O–H groups in total. The summed E-state index contributed by atoms with van der Waals surface area (Å²) in [6.07, 6.45) is 2.65. The molecule has 0 unspecified atom stereocenters. The zero-order valence-corrected chi connectivity index (χ0v) is 13.9. The minimum absolute atomic E-state index is 0.0502. The lowest BCUT2D eigenvalue weighted by atomic mass is 10.2. The maximum atomic E-state index is 13.0. The van der Waals surface area contributed by atoms with E-state index in [1.807, 2.05) is 30.3 Å². The number of nitrogens with one attached hydrogen (secondary N) is 1. The topological polar surface area (TPSA) is 75.3 Å². The van der Waals surface area contributed by atoms with Crippen LogP contribution >= 0.6 is 0 Å². The lowest BCUT2D eigenvalue weighted by Gasteiger charge is -2.24. The highest BCUT2D eigenvalue weighted by Gasteiger charge is 2.26. The van der Waals surface area contributed by atoms with Crippen molar-refractivity contribution in [2.75, 3.05) is 11.4 Å². The lowest BCUT2D eigenvalue weighted by Crippen LogP contribution is -2.30. The number of benzene rings is 2. The van der Waals surface area contributed by atoms with E-state index in [0.29, 0.717) is 11.4 Å². The molecular formula is C17H17N3O3S. The molecule has 0 atom stereocenters. The van der Waals surface area contributed by atoms with Gasteiger partial charge in [0.25, 0.3) is 10.0 Å². The smallest absolute Gasteiger partial charge is 0.281 e. The molecule has 2 aromatic carbocycles. The van der Waals surface area contributed by atoms with E-state index < -0.39 is 10.0 Å². The number of methoxy groups -OCH3 is 1. The summed E-state index contributed by atoms with van der Waals surface area (Å²) in [4.78, 5) is 6.49. The van der Waals surface area contributed by atoms with Crippen LogP contribution in [0.4, 0.5) is 5.69 Å². The molecule has 1 aromatic heterocycles. The van der Waals surface area contributed by atoms with Crippen molar-refractivity contribution in [2.24, 2.45) is 0 Å². The number of H-pyrrole nitrogens is 1. The number of rotatable bonds is 6. The second kappa shape index (κ2) is 6.76. The number of aromatic amines is 1. The van der Waals surface area contributed by atoms with Crippen LogP contribution < -0.4 is 9.04 Å². The minimum atomic E-state index is -3.75. The van der Waals surface area contributed by atoms with Gasteiger partial charge in [0.1, 0.15) is 5.75 Å². The predicted molar refractivity (Wildman–Crippen MR) is 91.4 cm³/mol. The first-order valence-corrected chi connectivity index (χ1v) is 8.74. The van der Waals surface area contributed by atoms with Gasteiger partial charge in [0.15, 0.2) is 5.03 Å². The van der Waals surface area contributed by atoms with Crippen molar-refractivity contribution in [2.45, 2.75) is 11.6 Å². The molecule has 0 saturated heterocycles. The Morgan fingerprint density at radius 1 is 1.08 bits per heavy atom. The molecule has 0 amide bonds. The molecule has 0 aliphatic carbocycles. The van der Waals surface area contributed by atoms with Crippen molar-refractivity contribution in [1.82, 2.24) is 9.97 Å². The third-order valence-corrected chi connectivity index (χ3v) is 5.27. The molecule has 7 heteroatoms. The normalized spacial score (nSPS) is 11.2. The van der Waals surface area contributed by atoms with Gasteiger partial charge in [-0.25, -0.2) is 4.98 Å². The fraction of sp³-hybridized carbons (Fsp3) is 0.118. The van der Waals surface area contributed by atoms with E-state index in [9.17, 15) is 8.42 Å². The summed E-state index contributed by atoms with van der Waals surface area (Å²) in [7, 11) is -2.19. The predicted octanol–water partition coefficient (Wildman–Crippen LogP) is 2.81. The molecule has 0 aliphatic rings. The molecule has 3 aromatic rings. The van der Waals surface area contributed by atoms with Gasteiger partial charge in [-0.15, -0.1) is 0 Å². The maximum absolute atomic E-state index is 13.0. The first-order chi connectivity index (χ1) is 11.6. The van der Waals surface area contributed by atoms with Crippen molar-refractivity contribution >= 4 is 15.7 Å². The zero-order valence-electron chi connectivity index (χ0n) is 13.1. The van der Waals surface area contributed by atoms with E-state index in [0.717, 1.165) is 5.56 Å². The number of hydrogen-bond donors (Lipinski definition) is 1. The van der Waals surface area contributed by atoms with E-state index in [4.69, 9.17) is 4.74 Å². The van der Waals surface area contributed by atoms with Crippen LogP contribution in [0.2, 0.25) is 0 Å². The first-order valence-electron chi connectivity index (χ1n) is 7.30. The number of nitrogens with zero attached hydrogens (tertiary/aromatic N) is 2. The quantitative estimate of drug-likeness (QED) is 0.747. The zero-order chi connectivity index (χ0) is 17.0. The molecule has 0 aliphatic heterocycles. The standard InChI is InChI=1S/C17H17N3O3S/c1-23-16-9-7-15(8-10-16)20(12-14-5-3-2-4-6-14)24(21,22)17-11-18-13-19-17/h2-11,13H,12H2,1H3,(H,18,19). The second-order valence-electron chi connectivity index (χ2n) is 5.11. The number of anilines is 1. The highest BCUT2D eigenvalue weighted by atomic mass is 32.2. The third-order valence-electron chi connectivity index (χ3n) is 3.57. The van der Waals surface area contributed by atoms with Crippen LogP contribution in [0.15, 0.2) is 72.1 Å². The van der Waals surface area contributed by atoms with Crippen LogP contribution in [-0.4, -0.2) is 25.5 Å². The van der Waals surface area contributed by atoms with Crippen molar-refractivity contribution in [3.8, 4) is 5.75 Å². The van der Waals surface area contributed by atoms with Crippen molar-refractivity contribution in [3.63, 3.8) is 0 Å². The monoisotopic (exact) mass is 343 g/mol. The van der Waals surface area contributed by atoms with E-state index in [2.05, 4.69) is 9.97 Å². The van der Waals surface area contributed by atoms with Gasteiger partial charge in [-0.05, 0) is 29.8 Å². The van der Waals surface area contributed by atoms with Crippen LogP contribution in [0.1, 0.15) is 5.56 Å². The van der Waals surface area contributed by atoms with Gasteiger partial charge in [-0.1, -0.05) is 30.3 Å². The summed E-state index contributed by atoms with van der Waals surface area (Å²) in [5.74, 6) is 0.664. The Hall–Kier alpha value is -2.80. The van der Waals surface area contributed by atoms with Gasteiger partial charge in [0.2, 0.25) is 0 Å². The lowest BCUT2D eigenvalue weighted by molar-refractivity contribution is 0.415. The Morgan fingerprint density at radius 2 is 1.79 bits per heavy atom. The van der Waals surface area contributed by atoms with Gasteiger partial charge in [0, 0.05) is 0 Å². The highest BCUT2D eigenvalue weighted by molar-refractivity contribution is 7.92. The number of hydrogen-bond acceptors (Lipinski definition) is 4. The molecular weight excluding hydrogens is 326 g/mol. The summed E-state index contributed by atoms with van der Waals surface area (Å²) in [6.45, 7) is 0.217. The van der Waals surface area contributed by atoms with Gasteiger partial charge in [-0.3, -0.25) is 4.31 Å². The summed E-state index contributed by atoms with van der Waals surface area (Å²) in [5.41, 5.74) is 1.44. The minimum Gasteiger partial charge on any atom is -0.497 e. The molecule has 1 heterocycles. The molecule has 0 fully saturated rings. The van der Waals surface area contributed by atoms with Crippen LogP contribution in [0, 0.1) is 0 Å². The molecule has 3 rings (SSSR count). The van der Waals surface area contributed by atoms with Crippen LogP contribution in [0.25, 0.3) is 0 Å². The van der Waals surface area contributed by atoms with Gasteiger partial charge >= 0.3 is 0 Å². The van der Waals surface area contributed by atoms with E-state index in [-0.39, 0.29) is 11.6 Å². The molecule has 0 bridgehead atoms. The Bertz CT molecular complexity index is 877. The first kappa shape index (κ1) is 16.1. The molecule has 0 spiro atoms. The number of ether oxygens (including phenoxy) is 1. The molecule has 0 saturated carbocycles. The van der Waals surface area contributed by atoms with Crippen LogP contribution in [0.3, 0.4) is 0 Å². The number of imidazole rings is 1. The van der Waals surface area contributed by atoms with Crippen LogP contribution in [0.5, 0.6) is 5.75 Å². The second-order valence-corrected chi connectivity index (χ2v) is 6.94. The Labute approximate surface area is 140 Å². The Morgan fingerprint density at radius 3 is 2.38 bits per heavy atom. The molecule has 124 valence electrons. The summed E-state index contributed by atoms with van der Waals surface area (Å²) < 4.78 is 32.4. The summed E-state index contributed by atoms with van der Waals surface area (Å²) in [5, 5.41) is 0.0502. The Balaban J connectivity index is 2.03. The van der Waals surface area contributed by atoms with E-state index >= 15 is 0 Å².